The molecule has 18 heavy (non-hydrogen) atoms. The average molecular weight is 250 g/mol. The van der Waals surface area contributed by atoms with E-state index in [0.29, 0.717) is 11.9 Å². The summed E-state index contributed by atoms with van der Waals surface area (Å²) in [5, 5.41) is 3.53. The predicted octanol–water partition coefficient (Wildman–Crippen LogP) is 1.05. The summed E-state index contributed by atoms with van der Waals surface area (Å²) >= 11 is 0. The van der Waals surface area contributed by atoms with Crippen molar-refractivity contribution in [3.05, 3.63) is 22.2 Å². The van der Waals surface area contributed by atoms with E-state index in [2.05, 4.69) is 27.1 Å². The van der Waals surface area contributed by atoms with Crippen molar-refractivity contribution in [2.24, 2.45) is 0 Å². The number of hydrogen-bond donors (Lipinski definition) is 2. The summed E-state index contributed by atoms with van der Waals surface area (Å²) in [5.74, 6) is 1.46. The molecule has 5 heteroatoms. The van der Waals surface area contributed by atoms with Gasteiger partial charge in [0.1, 0.15) is 11.6 Å². The fraction of sp³-hybridized carbons (Fsp3) is 0.692. The molecule has 5 nitrogen and oxygen atoms in total. The minimum atomic E-state index is -0.0763. The van der Waals surface area contributed by atoms with Gasteiger partial charge in [-0.1, -0.05) is 6.42 Å². The molecule has 0 spiro atoms. The number of aryl methyl sites for hydroxylation is 1. The van der Waals surface area contributed by atoms with Crippen molar-refractivity contribution in [3.8, 4) is 0 Å². The Morgan fingerprint density at radius 3 is 2.94 bits per heavy atom. The largest absolute Gasteiger partial charge is 0.355 e. The van der Waals surface area contributed by atoms with Gasteiger partial charge in [-0.25, -0.2) is 4.98 Å². The summed E-state index contributed by atoms with van der Waals surface area (Å²) in [6.07, 6.45) is 3.76. The van der Waals surface area contributed by atoms with Crippen molar-refractivity contribution in [1.29, 1.82) is 0 Å². The van der Waals surface area contributed by atoms with Gasteiger partial charge in [0.05, 0.1) is 0 Å². The van der Waals surface area contributed by atoms with Gasteiger partial charge in [0, 0.05) is 25.2 Å². The highest BCUT2D eigenvalue weighted by Crippen LogP contribution is 2.13. The Balaban J connectivity index is 2.09. The highest BCUT2D eigenvalue weighted by atomic mass is 16.1. The van der Waals surface area contributed by atoms with E-state index in [1.165, 1.54) is 19.3 Å². The van der Waals surface area contributed by atoms with Crippen LogP contribution in [-0.4, -0.2) is 35.6 Å². The summed E-state index contributed by atoms with van der Waals surface area (Å²) in [7, 11) is 0. The van der Waals surface area contributed by atoms with Gasteiger partial charge in [-0.05, 0) is 33.2 Å². The second-order valence-electron chi connectivity index (χ2n) is 4.87. The maximum absolute atomic E-state index is 11.5. The zero-order chi connectivity index (χ0) is 13.0. The topological polar surface area (TPSA) is 61.0 Å². The molecule has 2 rings (SSSR count). The number of nitrogens with zero attached hydrogens (tertiary/aromatic N) is 2. The molecule has 0 radical (unpaired) electrons. The van der Waals surface area contributed by atoms with Gasteiger partial charge in [-0.2, -0.15) is 0 Å². The van der Waals surface area contributed by atoms with Crippen LogP contribution in [0.2, 0.25) is 0 Å². The molecule has 1 saturated heterocycles. The van der Waals surface area contributed by atoms with Crippen LogP contribution in [-0.2, 0) is 0 Å². The van der Waals surface area contributed by atoms with Gasteiger partial charge in [-0.15, -0.1) is 0 Å². The Bertz CT molecular complexity index is 437. The number of nitrogens with one attached hydrogen (secondary N) is 2. The van der Waals surface area contributed by atoms with Crippen LogP contribution in [0.4, 0.5) is 5.82 Å². The Kier molecular flexibility index (Phi) is 4.36. The molecule has 0 aliphatic carbocycles. The van der Waals surface area contributed by atoms with Crippen LogP contribution in [0.3, 0.4) is 0 Å². The van der Waals surface area contributed by atoms with E-state index in [9.17, 15) is 4.79 Å². The maximum atomic E-state index is 11.5. The maximum Gasteiger partial charge on any atom is 0.252 e. The molecule has 2 heterocycles. The zero-order valence-corrected chi connectivity index (χ0v) is 11.2. The first kappa shape index (κ1) is 13.1. The van der Waals surface area contributed by atoms with Crippen molar-refractivity contribution in [1.82, 2.24) is 15.3 Å². The minimum absolute atomic E-state index is 0.0763. The molecule has 2 N–H and O–H groups in total. The standard InChI is InChI=1S/C13H22N4O/c1-3-17(9-11-6-4-5-7-14-11)12-8-13(18)16-10(2)15-12/h8,11,14H,3-7,9H2,1-2H3,(H,15,16,18). The van der Waals surface area contributed by atoms with Crippen molar-refractivity contribution in [3.63, 3.8) is 0 Å². The molecule has 1 aromatic heterocycles. The molecular weight excluding hydrogens is 228 g/mol. The molecule has 1 unspecified atom stereocenters. The molecule has 1 fully saturated rings. The SMILES string of the molecule is CCN(CC1CCCCN1)c1cc(=O)[nH]c(C)n1. The first-order valence-corrected chi connectivity index (χ1v) is 6.75. The van der Waals surface area contributed by atoms with Crippen LogP contribution in [0.1, 0.15) is 32.0 Å². The Morgan fingerprint density at radius 2 is 2.33 bits per heavy atom. The molecule has 1 atom stereocenters. The molecule has 0 amide bonds. The lowest BCUT2D eigenvalue weighted by Gasteiger charge is -2.30. The number of aromatic amines is 1. The third-order valence-electron chi connectivity index (χ3n) is 3.41. The molecule has 1 aromatic rings. The van der Waals surface area contributed by atoms with Gasteiger partial charge in [0.25, 0.3) is 5.56 Å². The number of rotatable bonds is 4. The average Bonchev–Trinajstić information content (AvgIpc) is 2.36. The van der Waals surface area contributed by atoms with Crippen LogP contribution in [0, 0.1) is 6.92 Å². The van der Waals surface area contributed by atoms with Gasteiger partial charge >= 0.3 is 0 Å². The lowest BCUT2D eigenvalue weighted by molar-refractivity contribution is 0.399. The van der Waals surface area contributed by atoms with Crippen molar-refractivity contribution in [2.45, 2.75) is 39.2 Å². The summed E-state index contributed by atoms with van der Waals surface area (Å²) in [5.41, 5.74) is -0.0763. The molecule has 100 valence electrons. The second-order valence-corrected chi connectivity index (χ2v) is 4.87. The van der Waals surface area contributed by atoms with E-state index >= 15 is 0 Å². The van der Waals surface area contributed by atoms with E-state index in [-0.39, 0.29) is 5.56 Å². The fourth-order valence-corrected chi connectivity index (χ4v) is 2.46. The van der Waals surface area contributed by atoms with Gasteiger partial charge < -0.3 is 15.2 Å². The number of hydrogen-bond acceptors (Lipinski definition) is 4. The first-order valence-electron chi connectivity index (χ1n) is 6.75. The molecule has 0 saturated carbocycles. The molecule has 0 aromatic carbocycles. The van der Waals surface area contributed by atoms with Crippen molar-refractivity contribution in [2.75, 3.05) is 24.5 Å². The molecule has 1 aliphatic heterocycles. The molecule has 0 bridgehead atoms. The van der Waals surface area contributed by atoms with E-state index < -0.39 is 0 Å². The molecular formula is C13H22N4O. The summed E-state index contributed by atoms with van der Waals surface area (Å²) in [4.78, 5) is 20.8. The molecule has 1 aliphatic rings. The smallest absolute Gasteiger partial charge is 0.252 e. The second kappa shape index (κ2) is 6.00. The first-order chi connectivity index (χ1) is 8.69. The Hall–Kier alpha value is -1.36. The Labute approximate surface area is 108 Å². The zero-order valence-electron chi connectivity index (χ0n) is 11.2. The van der Waals surface area contributed by atoms with E-state index in [0.717, 1.165) is 25.5 Å². The third kappa shape index (κ3) is 3.32. The third-order valence-corrected chi connectivity index (χ3v) is 3.41. The number of piperidine rings is 1. The van der Waals surface area contributed by atoms with Gasteiger partial charge in [0.15, 0.2) is 0 Å². The van der Waals surface area contributed by atoms with E-state index in [1.807, 2.05) is 6.92 Å². The number of anilines is 1. The number of H-pyrrole nitrogens is 1. The number of aromatic nitrogens is 2. The summed E-state index contributed by atoms with van der Waals surface area (Å²) < 4.78 is 0. The predicted molar refractivity (Wildman–Crippen MR) is 73.1 cm³/mol. The van der Waals surface area contributed by atoms with Crippen LogP contribution in [0.15, 0.2) is 10.9 Å². The van der Waals surface area contributed by atoms with Crippen LogP contribution < -0.4 is 15.8 Å². The quantitative estimate of drug-likeness (QED) is 0.838. The van der Waals surface area contributed by atoms with Crippen LogP contribution in [0.25, 0.3) is 0 Å². The van der Waals surface area contributed by atoms with E-state index in [4.69, 9.17) is 0 Å². The van der Waals surface area contributed by atoms with Crippen LogP contribution >= 0.6 is 0 Å². The lowest BCUT2D eigenvalue weighted by Crippen LogP contribution is -2.44. The highest BCUT2D eigenvalue weighted by Gasteiger charge is 2.17. The Morgan fingerprint density at radius 1 is 1.50 bits per heavy atom. The fourth-order valence-electron chi connectivity index (χ4n) is 2.46. The normalized spacial score (nSPS) is 19.8. The highest BCUT2D eigenvalue weighted by molar-refractivity contribution is 5.37. The van der Waals surface area contributed by atoms with Crippen LogP contribution in [0.5, 0.6) is 0 Å². The summed E-state index contributed by atoms with van der Waals surface area (Å²) in [6, 6.07) is 2.10. The van der Waals surface area contributed by atoms with Gasteiger partial charge in [-0.3, -0.25) is 4.79 Å². The van der Waals surface area contributed by atoms with E-state index in [1.54, 1.807) is 6.07 Å². The van der Waals surface area contributed by atoms with Crippen molar-refractivity contribution < 1.29 is 0 Å². The lowest BCUT2D eigenvalue weighted by atomic mass is 10.0. The minimum Gasteiger partial charge on any atom is -0.355 e. The van der Waals surface area contributed by atoms with Gasteiger partial charge in [0.2, 0.25) is 0 Å². The monoisotopic (exact) mass is 250 g/mol. The van der Waals surface area contributed by atoms with Crippen molar-refractivity contribution >= 4 is 5.82 Å². The summed E-state index contributed by atoms with van der Waals surface area (Å²) in [6.45, 7) is 6.81. The number of likely N-dealkylation sites (N-methyl/N-ethyl adjacent to an activating group) is 1.